The molecule has 0 radical (unpaired) electrons. The van der Waals surface area contributed by atoms with Gasteiger partial charge in [0.25, 0.3) is 0 Å². The Bertz CT molecular complexity index is 990. The van der Waals surface area contributed by atoms with Gasteiger partial charge >= 0.3 is 6.18 Å². The van der Waals surface area contributed by atoms with E-state index in [0.717, 1.165) is 17.7 Å². The highest BCUT2D eigenvalue weighted by Crippen LogP contribution is 2.29. The van der Waals surface area contributed by atoms with Gasteiger partial charge in [0, 0.05) is 19.3 Å². The Morgan fingerprint density at radius 3 is 2.19 bits per heavy atom. The van der Waals surface area contributed by atoms with Crippen LogP contribution in [0.5, 0.6) is 0 Å². The van der Waals surface area contributed by atoms with Crippen LogP contribution in [0.25, 0.3) is 0 Å². The molecular formula is C21H21F3N6O. The van der Waals surface area contributed by atoms with Gasteiger partial charge in [-0.3, -0.25) is 4.79 Å². The normalized spacial score (nSPS) is 11.1. The molecule has 1 aromatic carbocycles. The standard InChI is InChI=1S/C21H21F3N6O/c1-14-2-7-17(27-13-14)28-19-9-8-18(29-30-19)25-10-11-26-20(31)12-15-3-5-16(6-4-15)21(22,23)24/h2-9,13H,10-12H2,1H3,(H,25,29)(H,26,31)(H,27,28,30). The third-order valence-electron chi connectivity index (χ3n) is 4.23. The number of aryl methyl sites for hydroxylation is 1. The molecule has 2 heterocycles. The van der Waals surface area contributed by atoms with Crippen molar-refractivity contribution in [1.29, 1.82) is 0 Å². The quantitative estimate of drug-likeness (QED) is 0.472. The molecule has 0 bridgehead atoms. The number of aromatic nitrogens is 3. The zero-order chi connectivity index (χ0) is 22.3. The van der Waals surface area contributed by atoms with Crippen LogP contribution in [0.3, 0.4) is 0 Å². The second-order valence-electron chi connectivity index (χ2n) is 6.80. The predicted molar refractivity (Wildman–Crippen MR) is 111 cm³/mol. The fourth-order valence-corrected chi connectivity index (χ4v) is 2.62. The van der Waals surface area contributed by atoms with Gasteiger partial charge in [0.05, 0.1) is 12.0 Å². The van der Waals surface area contributed by atoms with E-state index in [-0.39, 0.29) is 12.3 Å². The highest BCUT2D eigenvalue weighted by molar-refractivity contribution is 5.78. The summed E-state index contributed by atoms with van der Waals surface area (Å²) in [5.74, 6) is 1.47. The van der Waals surface area contributed by atoms with E-state index in [1.165, 1.54) is 12.1 Å². The highest BCUT2D eigenvalue weighted by Gasteiger charge is 2.29. The Morgan fingerprint density at radius 2 is 1.58 bits per heavy atom. The molecule has 0 unspecified atom stereocenters. The molecule has 31 heavy (non-hydrogen) atoms. The van der Waals surface area contributed by atoms with Crippen LogP contribution in [-0.2, 0) is 17.4 Å². The van der Waals surface area contributed by atoms with Crippen molar-refractivity contribution in [2.24, 2.45) is 0 Å². The largest absolute Gasteiger partial charge is 0.416 e. The van der Waals surface area contributed by atoms with Gasteiger partial charge in [-0.15, -0.1) is 10.2 Å². The second kappa shape index (κ2) is 9.88. The van der Waals surface area contributed by atoms with Crippen molar-refractivity contribution in [2.75, 3.05) is 23.7 Å². The summed E-state index contributed by atoms with van der Waals surface area (Å²) in [5, 5.41) is 16.9. The van der Waals surface area contributed by atoms with Gasteiger partial charge in [0.2, 0.25) is 5.91 Å². The van der Waals surface area contributed by atoms with Gasteiger partial charge in [-0.1, -0.05) is 18.2 Å². The van der Waals surface area contributed by atoms with Crippen LogP contribution in [0.4, 0.5) is 30.6 Å². The van der Waals surface area contributed by atoms with Crippen molar-refractivity contribution in [3.8, 4) is 0 Å². The van der Waals surface area contributed by atoms with Gasteiger partial charge in [0.15, 0.2) is 5.82 Å². The molecule has 0 saturated carbocycles. The molecule has 1 amide bonds. The van der Waals surface area contributed by atoms with E-state index in [9.17, 15) is 18.0 Å². The number of alkyl halides is 3. The van der Waals surface area contributed by atoms with Gasteiger partial charge in [-0.25, -0.2) is 4.98 Å². The number of carbonyl (C=O) groups is 1. The lowest BCUT2D eigenvalue weighted by atomic mass is 10.1. The number of carbonyl (C=O) groups excluding carboxylic acids is 1. The van der Waals surface area contributed by atoms with Gasteiger partial charge < -0.3 is 16.0 Å². The summed E-state index contributed by atoms with van der Waals surface area (Å²) >= 11 is 0. The zero-order valence-corrected chi connectivity index (χ0v) is 16.7. The van der Waals surface area contributed by atoms with Crippen LogP contribution in [-0.4, -0.2) is 34.2 Å². The number of nitrogens with zero attached hydrogens (tertiary/aromatic N) is 3. The number of rotatable bonds is 8. The Hall–Kier alpha value is -3.69. The summed E-state index contributed by atoms with van der Waals surface area (Å²) < 4.78 is 37.7. The number of nitrogens with one attached hydrogen (secondary N) is 3. The molecule has 0 spiro atoms. The van der Waals surface area contributed by atoms with Gasteiger partial charge in [0.1, 0.15) is 11.6 Å². The smallest absolute Gasteiger partial charge is 0.367 e. The first kappa shape index (κ1) is 22.0. The lowest BCUT2D eigenvalue weighted by Crippen LogP contribution is -2.30. The first-order valence-electron chi connectivity index (χ1n) is 9.50. The van der Waals surface area contributed by atoms with Crippen molar-refractivity contribution in [3.05, 3.63) is 71.4 Å². The second-order valence-corrected chi connectivity index (χ2v) is 6.80. The maximum absolute atomic E-state index is 12.6. The topological polar surface area (TPSA) is 91.8 Å². The summed E-state index contributed by atoms with van der Waals surface area (Å²) in [6, 6.07) is 11.8. The lowest BCUT2D eigenvalue weighted by molar-refractivity contribution is -0.137. The fourth-order valence-electron chi connectivity index (χ4n) is 2.62. The Balaban J connectivity index is 1.38. The lowest BCUT2D eigenvalue weighted by Gasteiger charge is -2.09. The van der Waals surface area contributed by atoms with Crippen LogP contribution in [0.2, 0.25) is 0 Å². The number of pyridine rings is 1. The van der Waals surface area contributed by atoms with E-state index in [2.05, 4.69) is 31.1 Å². The molecule has 162 valence electrons. The molecule has 0 saturated heterocycles. The van der Waals surface area contributed by atoms with E-state index in [4.69, 9.17) is 0 Å². The summed E-state index contributed by atoms with van der Waals surface area (Å²) in [5.41, 5.74) is 0.830. The molecule has 0 aliphatic heterocycles. The number of hydrogen-bond donors (Lipinski definition) is 3. The highest BCUT2D eigenvalue weighted by atomic mass is 19.4. The minimum absolute atomic E-state index is 0.00531. The van der Waals surface area contributed by atoms with E-state index in [1.54, 1.807) is 18.3 Å². The SMILES string of the molecule is Cc1ccc(Nc2ccc(NCCNC(=O)Cc3ccc(C(F)(F)F)cc3)nn2)nc1. The number of halogens is 3. The Labute approximate surface area is 177 Å². The molecule has 0 aliphatic rings. The molecule has 0 atom stereocenters. The third kappa shape index (κ3) is 6.95. The average Bonchev–Trinajstić information content (AvgIpc) is 2.74. The van der Waals surface area contributed by atoms with Crippen LogP contribution < -0.4 is 16.0 Å². The molecular weight excluding hydrogens is 409 g/mol. The summed E-state index contributed by atoms with van der Waals surface area (Å²) in [7, 11) is 0. The van der Waals surface area contributed by atoms with E-state index >= 15 is 0 Å². The molecule has 0 fully saturated rings. The maximum atomic E-state index is 12.6. The molecule has 0 aliphatic carbocycles. The van der Waals surface area contributed by atoms with E-state index < -0.39 is 11.7 Å². The summed E-state index contributed by atoms with van der Waals surface area (Å²) in [4.78, 5) is 16.2. The first-order valence-corrected chi connectivity index (χ1v) is 9.50. The van der Waals surface area contributed by atoms with Crippen molar-refractivity contribution < 1.29 is 18.0 Å². The molecule has 2 aromatic heterocycles. The van der Waals surface area contributed by atoms with E-state index in [1.807, 2.05) is 19.1 Å². The fraction of sp³-hybridized carbons (Fsp3) is 0.238. The predicted octanol–water partition coefficient (Wildman–Crippen LogP) is 3.71. The molecule has 10 heteroatoms. The van der Waals surface area contributed by atoms with Crippen molar-refractivity contribution in [1.82, 2.24) is 20.5 Å². The molecule has 7 nitrogen and oxygen atoms in total. The van der Waals surface area contributed by atoms with E-state index in [0.29, 0.717) is 36.1 Å². The van der Waals surface area contributed by atoms with Gasteiger partial charge in [-0.05, 0) is 48.4 Å². The molecule has 3 N–H and O–H groups in total. The zero-order valence-electron chi connectivity index (χ0n) is 16.7. The van der Waals surface area contributed by atoms with Crippen LogP contribution in [0, 0.1) is 6.92 Å². The van der Waals surface area contributed by atoms with Crippen LogP contribution in [0.1, 0.15) is 16.7 Å². The Morgan fingerprint density at radius 1 is 0.903 bits per heavy atom. The minimum atomic E-state index is -4.39. The summed E-state index contributed by atoms with van der Waals surface area (Å²) in [6.45, 7) is 2.70. The number of benzene rings is 1. The van der Waals surface area contributed by atoms with Gasteiger partial charge in [-0.2, -0.15) is 13.2 Å². The van der Waals surface area contributed by atoms with Crippen molar-refractivity contribution in [3.63, 3.8) is 0 Å². The molecule has 3 rings (SSSR count). The molecule has 3 aromatic rings. The maximum Gasteiger partial charge on any atom is 0.416 e. The Kier molecular flexibility index (Phi) is 7.01. The van der Waals surface area contributed by atoms with Crippen LogP contribution >= 0.6 is 0 Å². The van der Waals surface area contributed by atoms with Crippen molar-refractivity contribution in [2.45, 2.75) is 19.5 Å². The summed E-state index contributed by atoms with van der Waals surface area (Å²) in [6.07, 6.45) is -2.63. The number of amides is 1. The monoisotopic (exact) mass is 430 g/mol. The first-order chi connectivity index (χ1) is 14.8. The van der Waals surface area contributed by atoms with Crippen LogP contribution in [0.15, 0.2) is 54.7 Å². The number of anilines is 3. The third-order valence-corrected chi connectivity index (χ3v) is 4.23. The average molecular weight is 430 g/mol. The van der Waals surface area contributed by atoms with Crippen molar-refractivity contribution >= 4 is 23.4 Å². The minimum Gasteiger partial charge on any atom is -0.367 e. The number of hydrogen-bond acceptors (Lipinski definition) is 6.